The molecule has 0 saturated heterocycles. The molecular formula is C14H14ClFN2. The Bertz CT molecular complexity index is 531. The Morgan fingerprint density at radius 1 is 1.11 bits per heavy atom. The van der Waals surface area contributed by atoms with Crippen molar-refractivity contribution in [2.75, 3.05) is 7.05 Å². The van der Waals surface area contributed by atoms with Gasteiger partial charge >= 0.3 is 0 Å². The highest BCUT2D eigenvalue weighted by Gasteiger charge is 2.06. The second-order valence-electron chi connectivity index (χ2n) is 4.22. The molecule has 18 heavy (non-hydrogen) atoms. The number of aromatic nitrogens is 1. The van der Waals surface area contributed by atoms with Crippen molar-refractivity contribution >= 4 is 11.6 Å². The summed E-state index contributed by atoms with van der Waals surface area (Å²) in [6.07, 6.45) is 0. The Kier molecular flexibility index (Phi) is 4.28. The van der Waals surface area contributed by atoms with Gasteiger partial charge in [-0.25, -0.2) is 9.37 Å². The van der Waals surface area contributed by atoms with Crippen LogP contribution in [-0.2, 0) is 13.1 Å². The van der Waals surface area contributed by atoms with E-state index in [1.165, 1.54) is 6.07 Å². The molecule has 0 amide bonds. The zero-order valence-corrected chi connectivity index (χ0v) is 10.9. The van der Waals surface area contributed by atoms with E-state index in [4.69, 9.17) is 11.6 Å². The van der Waals surface area contributed by atoms with E-state index in [0.717, 1.165) is 5.69 Å². The van der Waals surface area contributed by atoms with Gasteiger partial charge in [-0.05, 0) is 25.2 Å². The van der Waals surface area contributed by atoms with Crippen molar-refractivity contribution < 1.29 is 4.39 Å². The molecule has 0 radical (unpaired) electrons. The van der Waals surface area contributed by atoms with Crippen LogP contribution in [-0.4, -0.2) is 16.9 Å². The summed E-state index contributed by atoms with van der Waals surface area (Å²) in [4.78, 5) is 6.20. The first-order valence-corrected chi connectivity index (χ1v) is 6.06. The van der Waals surface area contributed by atoms with E-state index < -0.39 is 0 Å². The van der Waals surface area contributed by atoms with Crippen LogP contribution in [0.2, 0.25) is 5.15 Å². The molecule has 0 unspecified atom stereocenters. The Labute approximate surface area is 111 Å². The molecule has 94 valence electrons. The van der Waals surface area contributed by atoms with Gasteiger partial charge in [0.2, 0.25) is 0 Å². The second-order valence-corrected chi connectivity index (χ2v) is 4.60. The maximum absolute atomic E-state index is 13.5. The number of hydrogen-bond donors (Lipinski definition) is 0. The molecule has 1 aromatic carbocycles. The molecule has 1 aromatic heterocycles. The van der Waals surface area contributed by atoms with Crippen LogP contribution in [0.4, 0.5) is 4.39 Å². The summed E-state index contributed by atoms with van der Waals surface area (Å²) in [5.74, 6) is -0.177. The van der Waals surface area contributed by atoms with Gasteiger partial charge in [-0.3, -0.25) is 4.90 Å². The van der Waals surface area contributed by atoms with Crippen LogP contribution in [0.5, 0.6) is 0 Å². The lowest BCUT2D eigenvalue weighted by molar-refractivity contribution is 0.310. The summed E-state index contributed by atoms with van der Waals surface area (Å²) in [5.41, 5.74) is 1.56. The number of hydrogen-bond acceptors (Lipinski definition) is 2. The third kappa shape index (κ3) is 3.52. The van der Waals surface area contributed by atoms with Crippen molar-refractivity contribution in [3.05, 3.63) is 64.7 Å². The third-order valence-electron chi connectivity index (χ3n) is 2.60. The van der Waals surface area contributed by atoms with Crippen molar-refractivity contribution in [3.8, 4) is 0 Å². The van der Waals surface area contributed by atoms with Crippen molar-refractivity contribution in [3.63, 3.8) is 0 Å². The number of rotatable bonds is 4. The lowest BCUT2D eigenvalue weighted by Crippen LogP contribution is -2.18. The summed E-state index contributed by atoms with van der Waals surface area (Å²) in [7, 11) is 1.93. The highest BCUT2D eigenvalue weighted by molar-refractivity contribution is 6.29. The minimum atomic E-state index is -0.177. The average Bonchev–Trinajstić information content (AvgIpc) is 2.32. The number of halogens is 2. The molecule has 4 heteroatoms. The second kappa shape index (κ2) is 5.94. The minimum absolute atomic E-state index is 0.177. The van der Waals surface area contributed by atoms with Gasteiger partial charge in [0.25, 0.3) is 0 Å². The molecule has 0 aliphatic heterocycles. The van der Waals surface area contributed by atoms with Gasteiger partial charge in [0.1, 0.15) is 11.0 Å². The Morgan fingerprint density at radius 2 is 1.89 bits per heavy atom. The monoisotopic (exact) mass is 264 g/mol. The lowest BCUT2D eigenvalue weighted by atomic mass is 10.2. The van der Waals surface area contributed by atoms with Gasteiger partial charge in [0.05, 0.1) is 5.69 Å². The molecule has 0 aliphatic carbocycles. The van der Waals surface area contributed by atoms with Crippen molar-refractivity contribution in [1.82, 2.24) is 9.88 Å². The number of benzene rings is 1. The SMILES string of the molecule is CN(Cc1cccc(Cl)n1)Cc1ccccc1F. The fourth-order valence-electron chi connectivity index (χ4n) is 1.79. The van der Waals surface area contributed by atoms with E-state index in [-0.39, 0.29) is 5.82 Å². The van der Waals surface area contributed by atoms with E-state index >= 15 is 0 Å². The molecule has 0 aliphatic rings. The standard InChI is InChI=1S/C14H14ClFN2/c1-18(9-11-5-2-3-7-13(11)16)10-12-6-4-8-14(15)17-12/h2-8H,9-10H2,1H3. The van der Waals surface area contributed by atoms with Gasteiger partial charge in [0, 0.05) is 18.7 Å². The van der Waals surface area contributed by atoms with Crippen LogP contribution in [0.15, 0.2) is 42.5 Å². The third-order valence-corrected chi connectivity index (χ3v) is 2.81. The highest BCUT2D eigenvalue weighted by Crippen LogP contribution is 2.12. The molecule has 0 saturated carbocycles. The van der Waals surface area contributed by atoms with E-state index in [1.54, 1.807) is 18.2 Å². The van der Waals surface area contributed by atoms with Gasteiger partial charge in [-0.2, -0.15) is 0 Å². The van der Waals surface area contributed by atoms with Gasteiger partial charge in [0.15, 0.2) is 0 Å². The quantitative estimate of drug-likeness (QED) is 0.786. The van der Waals surface area contributed by atoms with Crippen molar-refractivity contribution in [1.29, 1.82) is 0 Å². The summed E-state index contributed by atoms with van der Waals surface area (Å²) in [6.45, 7) is 1.18. The Hall–Kier alpha value is -1.45. The predicted octanol–water partition coefficient (Wildman–Crippen LogP) is 3.51. The van der Waals surface area contributed by atoms with Crippen LogP contribution in [0.25, 0.3) is 0 Å². The molecule has 2 nitrogen and oxygen atoms in total. The van der Waals surface area contributed by atoms with E-state index in [2.05, 4.69) is 4.98 Å². The van der Waals surface area contributed by atoms with E-state index in [9.17, 15) is 4.39 Å². The van der Waals surface area contributed by atoms with Gasteiger partial charge in [-0.15, -0.1) is 0 Å². The first-order chi connectivity index (χ1) is 8.65. The maximum atomic E-state index is 13.5. The number of pyridine rings is 1. The van der Waals surface area contributed by atoms with Crippen LogP contribution in [0.1, 0.15) is 11.3 Å². The fourth-order valence-corrected chi connectivity index (χ4v) is 1.97. The summed E-state index contributed by atoms with van der Waals surface area (Å²) >= 11 is 5.82. The minimum Gasteiger partial charge on any atom is -0.296 e. The van der Waals surface area contributed by atoms with E-state index in [1.807, 2.05) is 30.1 Å². The molecule has 0 N–H and O–H groups in total. The number of nitrogens with zero attached hydrogens (tertiary/aromatic N) is 2. The molecule has 2 aromatic rings. The van der Waals surface area contributed by atoms with Gasteiger partial charge in [-0.1, -0.05) is 35.9 Å². The lowest BCUT2D eigenvalue weighted by Gasteiger charge is -2.16. The molecule has 2 rings (SSSR count). The summed E-state index contributed by atoms with van der Waals surface area (Å²) < 4.78 is 13.5. The van der Waals surface area contributed by atoms with Crippen LogP contribution in [0.3, 0.4) is 0 Å². The molecule has 0 atom stereocenters. The largest absolute Gasteiger partial charge is 0.296 e. The smallest absolute Gasteiger partial charge is 0.129 e. The average molecular weight is 265 g/mol. The molecular weight excluding hydrogens is 251 g/mol. The fraction of sp³-hybridized carbons (Fsp3) is 0.214. The first-order valence-electron chi connectivity index (χ1n) is 5.68. The van der Waals surface area contributed by atoms with Crippen molar-refractivity contribution in [2.45, 2.75) is 13.1 Å². The first kappa shape index (κ1) is 13.0. The van der Waals surface area contributed by atoms with Crippen LogP contribution in [0, 0.1) is 5.82 Å². The molecule has 0 fully saturated rings. The van der Waals surface area contributed by atoms with E-state index in [0.29, 0.717) is 23.8 Å². The van der Waals surface area contributed by atoms with Crippen LogP contribution < -0.4 is 0 Å². The normalized spacial score (nSPS) is 10.9. The molecule has 0 spiro atoms. The maximum Gasteiger partial charge on any atom is 0.129 e. The Balaban J connectivity index is 2.01. The zero-order valence-electron chi connectivity index (χ0n) is 10.1. The summed E-state index contributed by atoms with van der Waals surface area (Å²) in [6, 6.07) is 12.3. The van der Waals surface area contributed by atoms with Crippen molar-refractivity contribution in [2.24, 2.45) is 0 Å². The highest BCUT2D eigenvalue weighted by atomic mass is 35.5. The Morgan fingerprint density at radius 3 is 2.61 bits per heavy atom. The topological polar surface area (TPSA) is 16.1 Å². The molecule has 0 bridgehead atoms. The predicted molar refractivity (Wildman–Crippen MR) is 70.8 cm³/mol. The molecule has 1 heterocycles. The van der Waals surface area contributed by atoms with Gasteiger partial charge < -0.3 is 0 Å². The summed E-state index contributed by atoms with van der Waals surface area (Å²) in [5, 5.41) is 0.479. The van der Waals surface area contributed by atoms with Crippen LogP contribution >= 0.6 is 11.6 Å². The zero-order chi connectivity index (χ0) is 13.0.